The van der Waals surface area contributed by atoms with Crippen molar-refractivity contribution in [2.45, 2.75) is 18.7 Å². The Morgan fingerprint density at radius 1 is 1.03 bits per heavy atom. The van der Waals surface area contributed by atoms with Crippen molar-refractivity contribution in [3.8, 4) is 11.3 Å². The molecule has 0 bridgehead atoms. The fraction of sp³-hybridized carbons (Fsp3) is 0.261. The molecule has 4 rings (SSSR count). The van der Waals surface area contributed by atoms with Gasteiger partial charge in [0.2, 0.25) is 10.0 Å². The van der Waals surface area contributed by atoms with Gasteiger partial charge in [0.1, 0.15) is 0 Å². The molecule has 166 valence electrons. The predicted octanol–water partition coefficient (Wildman–Crippen LogP) is 3.42. The SMILES string of the molecule is CC(=O)c1cccc(Nc2ccc(-c3ccc(C)c(S(=O)(=O)N4CCOCC4)c3)nn2)c1. The zero-order valence-electron chi connectivity index (χ0n) is 17.9. The Labute approximate surface area is 187 Å². The van der Waals surface area contributed by atoms with E-state index in [9.17, 15) is 13.2 Å². The summed E-state index contributed by atoms with van der Waals surface area (Å²) in [6.07, 6.45) is 0. The highest BCUT2D eigenvalue weighted by atomic mass is 32.2. The van der Waals surface area contributed by atoms with Crippen LogP contribution in [0.1, 0.15) is 22.8 Å². The van der Waals surface area contributed by atoms with E-state index < -0.39 is 10.0 Å². The Hall–Kier alpha value is -3.14. The quantitative estimate of drug-likeness (QED) is 0.572. The molecule has 0 unspecified atom stereocenters. The number of morpholine rings is 1. The van der Waals surface area contributed by atoms with E-state index in [-0.39, 0.29) is 10.7 Å². The van der Waals surface area contributed by atoms with Gasteiger partial charge < -0.3 is 10.1 Å². The third kappa shape index (κ3) is 4.69. The molecule has 0 spiro atoms. The average molecular weight is 453 g/mol. The highest BCUT2D eigenvalue weighted by molar-refractivity contribution is 7.89. The summed E-state index contributed by atoms with van der Waals surface area (Å²) in [7, 11) is -3.62. The first-order valence-corrected chi connectivity index (χ1v) is 11.7. The first-order chi connectivity index (χ1) is 15.3. The lowest BCUT2D eigenvalue weighted by Crippen LogP contribution is -2.40. The summed E-state index contributed by atoms with van der Waals surface area (Å²) in [5.74, 6) is 0.500. The van der Waals surface area contributed by atoms with Crippen LogP contribution in [0, 0.1) is 6.92 Å². The number of nitrogens with one attached hydrogen (secondary N) is 1. The maximum atomic E-state index is 13.1. The Morgan fingerprint density at radius 3 is 2.50 bits per heavy atom. The standard InChI is InChI=1S/C23H24N4O4S/c1-16-6-7-19(15-22(16)32(29,30)27-10-12-31-13-11-27)21-8-9-23(26-25-21)24-20-5-3-4-18(14-20)17(2)28/h3-9,14-15H,10-13H2,1-2H3,(H,24,26). The molecule has 0 radical (unpaired) electrons. The number of ketones is 1. The number of rotatable bonds is 6. The lowest BCUT2D eigenvalue weighted by Gasteiger charge is -2.26. The van der Waals surface area contributed by atoms with E-state index in [4.69, 9.17) is 4.74 Å². The molecule has 0 aliphatic carbocycles. The van der Waals surface area contributed by atoms with Crippen LogP contribution >= 0.6 is 0 Å². The minimum atomic E-state index is -3.62. The minimum Gasteiger partial charge on any atom is -0.379 e. The lowest BCUT2D eigenvalue weighted by molar-refractivity contribution is 0.0730. The van der Waals surface area contributed by atoms with Gasteiger partial charge in [0.25, 0.3) is 0 Å². The fourth-order valence-electron chi connectivity index (χ4n) is 3.48. The third-order valence-electron chi connectivity index (χ3n) is 5.28. The van der Waals surface area contributed by atoms with Gasteiger partial charge in [-0.25, -0.2) is 8.42 Å². The molecule has 32 heavy (non-hydrogen) atoms. The van der Waals surface area contributed by atoms with Gasteiger partial charge in [-0.3, -0.25) is 4.79 Å². The molecule has 8 nitrogen and oxygen atoms in total. The summed E-state index contributed by atoms with van der Waals surface area (Å²) >= 11 is 0. The van der Waals surface area contributed by atoms with Gasteiger partial charge in [-0.2, -0.15) is 4.31 Å². The molecule has 0 amide bonds. The maximum absolute atomic E-state index is 13.1. The number of aryl methyl sites for hydroxylation is 1. The van der Waals surface area contributed by atoms with E-state index >= 15 is 0 Å². The second-order valence-electron chi connectivity index (χ2n) is 7.56. The zero-order chi connectivity index (χ0) is 22.7. The first-order valence-electron chi connectivity index (χ1n) is 10.3. The normalized spacial score (nSPS) is 14.8. The Morgan fingerprint density at radius 2 is 1.81 bits per heavy atom. The van der Waals surface area contributed by atoms with Crippen molar-refractivity contribution in [3.05, 3.63) is 65.7 Å². The Balaban J connectivity index is 1.57. The molecule has 1 fully saturated rings. The summed E-state index contributed by atoms with van der Waals surface area (Å²) in [6, 6.07) is 15.9. The number of benzene rings is 2. The van der Waals surface area contributed by atoms with Crippen molar-refractivity contribution >= 4 is 27.3 Å². The number of carbonyl (C=O) groups is 1. The van der Waals surface area contributed by atoms with E-state index in [1.54, 1.807) is 49.4 Å². The number of hydrogen-bond donors (Lipinski definition) is 1. The number of hydrogen-bond acceptors (Lipinski definition) is 7. The number of nitrogens with zero attached hydrogens (tertiary/aromatic N) is 3. The zero-order valence-corrected chi connectivity index (χ0v) is 18.7. The number of Topliss-reactive ketones (excluding diaryl/α,β-unsaturated/α-hetero) is 1. The van der Waals surface area contributed by atoms with Gasteiger partial charge in [-0.15, -0.1) is 10.2 Å². The van der Waals surface area contributed by atoms with Gasteiger partial charge in [0, 0.05) is 29.9 Å². The van der Waals surface area contributed by atoms with E-state index in [2.05, 4.69) is 15.5 Å². The second kappa shape index (κ2) is 9.15. The van der Waals surface area contributed by atoms with Gasteiger partial charge >= 0.3 is 0 Å². The van der Waals surface area contributed by atoms with E-state index in [0.29, 0.717) is 54.5 Å². The summed E-state index contributed by atoms with van der Waals surface area (Å²) in [6.45, 7) is 4.78. The van der Waals surface area contributed by atoms with Crippen LogP contribution in [0.5, 0.6) is 0 Å². The fourth-order valence-corrected chi connectivity index (χ4v) is 5.14. The van der Waals surface area contributed by atoms with Gasteiger partial charge in [-0.1, -0.05) is 24.3 Å². The molecule has 3 aromatic rings. The van der Waals surface area contributed by atoms with Crippen LogP contribution in [-0.4, -0.2) is 55.0 Å². The van der Waals surface area contributed by atoms with Crippen LogP contribution in [0.2, 0.25) is 0 Å². The molecular formula is C23H24N4O4S. The summed E-state index contributed by atoms with van der Waals surface area (Å²) < 4.78 is 33.0. The highest BCUT2D eigenvalue weighted by Gasteiger charge is 2.28. The summed E-state index contributed by atoms with van der Waals surface area (Å²) in [4.78, 5) is 11.8. The monoisotopic (exact) mass is 452 g/mol. The first kappa shape index (κ1) is 22.1. The summed E-state index contributed by atoms with van der Waals surface area (Å²) in [5.41, 5.74) is 3.24. The van der Waals surface area contributed by atoms with E-state index in [0.717, 1.165) is 5.69 Å². The molecule has 0 saturated carbocycles. The molecule has 2 heterocycles. The van der Waals surface area contributed by atoms with Crippen molar-refractivity contribution in [2.24, 2.45) is 0 Å². The summed E-state index contributed by atoms with van der Waals surface area (Å²) in [5, 5.41) is 11.6. The van der Waals surface area contributed by atoms with Crippen molar-refractivity contribution in [2.75, 3.05) is 31.6 Å². The molecule has 1 aliphatic heterocycles. The largest absolute Gasteiger partial charge is 0.379 e. The third-order valence-corrected chi connectivity index (χ3v) is 7.32. The second-order valence-corrected chi connectivity index (χ2v) is 9.47. The number of aromatic nitrogens is 2. The van der Waals surface area contributed by atoms with E-state index in [1.165, 1.54) is 11.2 Å². The van der Waals surface area contributed by atoms with Gasteiger partial charge in [-0.05, 0) is 49.7 Å². The molecule has 1 aromatic heterocycles. The minimum absolute atomic E-state index is 0.0164. The van der Waals surface area contributed by atoms with Crippen molar-refractivity contribution in [3.63, 3.8) is 0 Å². The lowest BCUT2D eigenvalue weighted by atomic mass is 10.1. The van der Waals surface area contributed by atoms with Crippen LogP contribution in [0.4, 0.5) is 11.5 Å². The topological polar surface area (TPSA) is 101 Å². The van der Waals surface area contributed by atoms with Crippen LogP contribution < -0.4 is 5.32 Å². The molecular weight excluding hydrogens is 428 g/mol. The van der Waals surface area contributed by atoms with Crippen LogP contribution in [0.15, 0.2) is 59.5 Å². The Bertz CT molecular complexity index is 1240. The number of sulfonamides is 1. The van der Waals surface area contributed by atoms with Crippen LogP contribution in [0.25, 0.3) is 11.3 Å². The number of carbonyl (C=O) groups excluding carboxylic acids is 1. The van der Waals surface area contributed by atoms with Crippen molar-refractivity contribution < 1.29 is 17.9 Å². The maximum Gasteiger partial charge on any atom is 0.243 e. The molecule has 1 N–H and O–H groups in total. The number of anilines is 2. The van der Waals surface area contributed by atoms with Gasteiger partial charge in [0.05, 0.1) is 23.8 Å². The average Bonchev–Trinajstić information content (AvgIpc) is 2.80. The van der Waals surface area contributed by atoms with E-state index in [1.807, 2.05) is 12.1 Å². The van der Waals surface area contributed by atoms with Crippen molar-refractivity contribution in [1.82, 2.24) is 14.5 Å². The van der Waals surface area contributed by atoms with Crippen LogP contribution in [0.3, 0.4) is 0 Å². The molecule has 1 saturated heterocycles. The molecule has 0 atom stereocenters. The highest BCUT2D eigenvalue weighted by Crippen LogP contribution is 2.27. The molecule has 9 heteroatoms. The van der Waals surface area contributed by atoms with Crippen LogP contribution in [-0.2, 0) is 14.8 Å². The number of ether oxygens (including phenoxy) is 1. The molecule has 1 aliphatic rings. The smallest absolute Gasteiger partial charge is 0.243 e. The predicted molar refractivity (Wildman–Crippen MR) is 122 cm³/mol. The van der Waals surface area contributed by atoms with Crippen molar-refractivity contribution in [1.29, 1.82) is 0 Å². The van der Waals surface area contributed by atoms with Gasteiger partial charge in [0.15, 0.2) is 11.6 Å². The molecule has 2 aromatic carbocycles. The Kier molecular flexibility index (Phi) is 6.31.